The zero-order valence-electron chi connectivity index (χ0n) is 19.0. The molecule has 0 aliphatic heterocycles. The van der Waals surface area contributed by atoms with Crippen molar-refractivity contribution < 1.29 is 17.9 Å². The number of nitrogens with zero attached hydrogens (tertiary/aromatic N) is 1. The summed E-state index contributed by atoms with van der Waals surface area (Å²) in [6.45, 7) is 3.64. The van der Waals surface area contributed by atoms with Gasteiger partial charge in [0.05, 0.1) is 11.5 Å². The fraction of sp³-hybridized carbons (Fsp3) is 0.240. The standard InChI is InChI=1S/C25H29N3O4S/c1-4-32-23-13-15-24(16-14-23)33(30,31)27-22-11-9-21(10-12-22)25(29)26-17-19-5-7-20(8-6-19)18-28(2)3/h5-16,27H,4,17-18H2,1-3H3,(H,26,29). The van der Waals surface area contributed by atoms with Crippen LogP contribution in [0.15, 0.2) is 77.7 Å². The molecule has 3 aromatic carbocycles. The summed E-state index contributed by atoms with van der Waals surface area (Å²) in [6, 6.07) is 20.6. The number of nitrogens with one attached hydrogen (secondary N) is 2. The second-order valence-corrected chi connectivity index (χ2v) is 9.51. The molecule has 0 aliphatic rings. The van der Waals surface area contributed by atoms with Crippen molar-refractivity contribution in [1.82, 2.24) is 10.2 Å². The summed E-state index contributed by atoms with van der Waals surface area (Å²) in [6.07, 6.45) is 0. The van der Waals surface area contributed by atoms with E-state index in [2.05, 4.69) is 14.9 Å². The van der Waals surface area contributed by atoms with E-state index in [1.807, 2.05) is 45.3 Å². The Morgan fingerprint density at radius 2 is 1.48 bits per heavy atom. The second-order valence-electron chi connectivity index (χ2n) is 7.82. The van der Waals surface area contributed by atoms with E-state index in [0.717, 1.165) is 12.1 Å². The molecule has 0 aliphatic carbocycles. The number of carbonyl (C=O) groups is 1. The van der Waals surface area contributed by atoms with Crippen molar-refractivity contribution in [2.24, 2.45) is 0 Å². The number of hydrogen-bond donors (Lipinski definition) is 2. The van der Waals surface area contributed by atoms with Gasteiger partial charge in [0.15, 0.2) is 0 Å². The molecule has 0 unspecified atom stereocenters. The van der Waals surface area contributed by atoms with Crippen molar-refractivity contribution in [3.8, 4) is 5.75 Å². The summed E-state index contributed by atoms with van der Waals surface area (Å²) in [4.78, 5) is 14.7. The van der Waals surface area contributed by atoms with Gasteiger partial charge in [-0.25, -0.2) is 8.42 Å². The van der Waals surface area contributed by atoms with Gasteiger partial charge in [0.25, 0.3) is 15.9 Å². The van der Waals surface area contributed by atoms with Gasteiger partial charge in [-0.15, -0.1) is 0 Å². The van der Waals surface area contributed by atoms with Gasteiger partial charge in [0.1, 0.15) is 5.75 Å². The molecule has 3 rings (SSSR count). The maximum absolute atomic E-state index is 12.6. The topological polar surface area (TPSA) is 87.7 Å². The minimum absolute atomic E-state index is 0.129. The maximum Gasteiger partial charge on any atom is 0.261 e. The molecular formula is C25H29N3O4S. The van der Waals surface area contributed by atoms with Crippen LogP contribution in [0.3, 0.4) is 0 Å². The first kappa shape index (κ1) is 24.3. The number of anilines is 1. The van der Waals surface area contributed by atoms with Crippen LogP contribution in [0, 0.1) is 0 Å². The van der Waals surface area contributed by atoms with Crippen LogP contribution in [-0.2, 0) is 23.1 Å². The van der Waals surface area contributed by atoms with Crippen molar-refractivity contribution in [1.29, 1.82) is 0 Å². The van der Waals surface area contributed by atoms with Gasteiger partial charge in [-0.1, -0.05) is 24.3 Å². The van der Waals surface area contributed by atoms with Gasteiger partial charge in [-0.2, -0.15) is 0 Å². The molecule has 0 radical (unpaired) electrons. The first-order valence-electron chi connectivity index (χ1n) is 10.6. The maximum atomic E-state index is 12.6. The molecule has 0 atom stereocenters. The molecule has 2 N–H and O–H groups in total. The van der Waals surface area contributed by atoms with Crippen LogP contribution in [0.4, 0.5) is 5.69 Å². The summed E-state index contributed by atoms with van der Waals surface area (Å²) in [5.41, 5.74) is 3.03. The van der Waals surface area contributed by atoms with Crippen molar-refractivity contribution in [2.45, 2.75) is 24.9 Å². The van der Waals surface area contributed by atoms with Gasteiger partial charge < -0.3 is 15.0 Å². The molecule has 174 valence electrons. The zero-order valence-corrected chi connectivity index (χ0v) is 19.9. The van der Waals surface area contributed by atoms with E-state index in [4.69, 9.17) is 4.74 Å². The SMILES string of the molecule is CCOc1ccc(S(=O)(=O)Nc2ccc(C(=O)NCc3ccc(CN(C)C)cc3)cc2)cc1. The highest BCUT2D eigenvalue weighted by Gasteiger charge is 2.15. The lowest BCUT2D eigenvalue weighted by Crippen LogP contribution is -2.22. The Kier molecular flexibility index (Phi) is 8.08. The molecule has 0 fully saturated rings. The minimum atomic E-state index is -3.74. The number of amides is 1. The summed E-state index contributed by atoms with van der Waals surface area (Å²) < 4.78 is 33.1. The molecule has 0 saturated heterocycles. The third-order valence-electron chi connectivity index (χ3n) is 4.82. The van der Waals surface area contributed by atoms with E-state index < -0.39 is 10.0 Å². The third-order valence-corrected chi connectivity index (χ3v) is 6.22. The lowest BCUT2D eigenvalue weighted by atomic mass is 10.1. The lowest BCUT2D eigenvalue weighted by molar-refractivity contribution is 0.0951. The van der Waals surface area contributed by atoms with E-state index >= 15 is 0 Å². The fourth-order valence-corrected chi connectivity index (χ4v) is 4.26. The van der Waals surface area contributed by atoms with Gasteiger partial charge >= 0.3 is 0 Å². The summed E-state index contributed by atoms with van der Waals surface area (Å²) >= 11 is 0. The van der Waals surface area contributed by atoms with E-state index in [0.29, 0.717) is 30.2 Å². The normalized spacial score (nSPS) is 11.3. The number of sulfonamides is 1. The molecule has 3 aromatic rings. The van der Waals surface area contributed by atoms with E-state index in [1.54, 1.807) is 36.4 Å². The third kappa shape index (κ3) is 7.06. The first-order valence-corrected chi connectivity index (χ1v) is 12.1. The summed E-state index contributed by atoms with van der Waals surface area (Å²) in [5.74, 6) is 0.379. The number of ether oxygens (including phenoxy) is 1. The summed E-state index contributed by atoms with van der Waals surface area (Å²) in [7, 11) is 0.292. The van der Waals surface area contributed by atoms with Crippen LogP contribution in [0.1, 0.15) is 28.4 Å². The van der Waals surface area contributed by atoms with E-state index in [-0.39, 0.29) is 10.8 Å². The van der Waals surface area contributed by atoms with Crippen LogP contribution < -0.4 is 14.8 Å². The summed E-state index contributed by atoms with van der Waals surface area (Å²) in [5, 5.41) is 2.88. The number of hydrogen-bond acceptors (Lipinski definition) is 5. The lowest BCUT2D eigenvalue weighted by Gasteiger charge is -2.11. The number of benzene rings is 3. The Morgan fingerprint density at radius 3 is 2.06 bits per heavy atom. The van der Waals surface area contributed by atoms with Crippen molar-refractivity contribution in [3.63, 3.8) is 0 Å². The predicted octanol–water partition coefficient (Wildman–Crippen LogP) is 3.88. The highest BCUT2D eigenvalue weighted by atomic mass is 32.2. The largest absolute Gasteiger partial charge is 0.494 e. The Labute approximate surface area is 195 Å². The molecule has 1 amide bonds. The van der Waals surface area contributed by atoms with Crippen LogP contribution >= 0.6 is 0 Å². The minimum Gasteiger partial charge on any atom is -0.494 e. The molecule has 0 spiro atoms. The molecular weight excluding hydrogens is 438 g/mol. The highest BCUT2D eigenvalue weighted by Crippen LogP contribution is 2.20. The van der Waals surface area contributed by atoms with Crippen LogP contribution in [0.25, 0.3) is 0 Å². The molecule has 0 aromatic heterocycles. The zero-order chi connectivity index (χ0) is 23.8. The Balaban J connectivity index is 1.57. The average molecular weight is 468 g/mol. The average Bonchev–Trinajstić information content (AvgIpc) is 2.79. The van der Waals surface area contributed by atoms with Crippen LogP contribution in [0.2, 0.25) is 0 Å². The van der Waals surface area contributed by atoms with Crippen molar-refractivity contribution in [3.05, 3.63) is 89.5 Å². The van der Waals surface area contributed by atoms with Gasteiger partial charge in [-0.05, 0) is 80.7 Å². The first-order chi connectivity index (χ1) is 15.8. The Morgan fingerprint density at radius 1 is 0.879 bits per heavy atom. The number of rotatable bonds is 10. The molecule has 0 saturated carbocycles. The fourth-order valence-electron chi connectivity index (χ4n) is 3.20. The van der Waals surface area contributed by atoms with Gasteiger partial charge in [-0.3, -0.25) is 9.52 Å². The van der Waals surface area contributed by atoms with E-state index in [9.17, 15) is 13.2 Å². The predicted molar refractivity (Wildman–Crippen MR) is 130 cm³/mol. The molecule has 0 heterocycles. The Hall–Kier alpha value is -3.36. The molecule has 0 bridgehead atoms. The van der Waals surface area contributed by atoms with Gasteiger partial charge in [0.2, 0.25) is 0 Å². The Bertz CT molecular complexity index is 1160. The van der Waals surface area contributed by atoms with Crippen LogP contribution in [0.5, 0.6) is 5.75 Å². The highest BCUT2D eigenvalue weighted by molar-refractivity contribution is 7.92. The second kappa shape index (κ2) is 11.0. The van der Waals surface area contributed by atoms with Crippen LogP contribution in [-0.4, -0.2) is 39.9 Å². The van der Waals surface area contributed by atoms with Crippen molar-refractivity contribution >= 4 is 21.6 Å². The molecule has 7 nitrogen and oxygen atoms in total. The van der Waals surface area contributed by atoms with Gasteiger partial charge in [0, 0.05) is 24.3 Å². The van der Waals surface area contributed by atoms with Crippen molar-refractivity contribution in [2.75, 3.05) is 25.4 Å². The quantitative estimate of drug-likeness (QED) is 0.473. The molecule has 33 heavy (non-hydrogen) atoms. The smallest absolute Gasteiger partial charge is 0.261 e. The molecule has 8 heteroatoms. The monoisotopic (exact) mass is 467 g/mol. The number of carbonyl (C=O) groups excluding carboxylic acids is 1. The van der Waals surface area contributed by atoms with E-state index in [1.165, 1.54) is 17.7 Å².